The van der Waals surface area contributed by atoms with Crippen LogP contribution >= 0.6 is 0 Å². The molecule has 0 unspecified atom stereocenters. The predicted molar refractivity (Wildman–Crippen MR) is 53.5 cm³/mol. The van der Waals surface area contributed by atoms with Gasteiger partial charge in [-0.15, -0.1) is 0 Å². The summed E-state index contributed by atoms with van der Waals surface area (Å²) < 4.78 is 4.36. The van der Waals surface area contributed by atoms with Crippen molar-refractivity contribution in [3.8, 4) is 0 Å². The summed E-state index contributed by atoms with van der Waals surface area (Å²) >= 11 is 0. The molecule has 1 aromatic carbocycles. The summed E-state index contributed by atoms with van der Waals surface area (Å²) in [4.78, 5) is 21.8. The summed E-state index contributed by atoms with van der Waals surface area (Å²) in [5, 5.41) is 11.3. The average Bonchev–Trinajstić information content (AvgIpc) is 2.26. The molecular formula is C10H11NO4. The lowest BCUT2D eigenvalue weighted by atomic mass is 10.2. The highest BCUT2D eigenvalue weighted by Gasteiger charge is 2.26. The van der Waals surface area contributed by atoms with Crippen LogP contribution in [0.4, 0.5) is 5.69 Å². The first-order valence-electron chi connectivity index (χ1n) is 4.27. The van der Waals surface area contributed by atoms with Crippen molar-refractivity contribution in [1.82, 2.24) is 0 Å². The molecule has 80 valence electrons. The number of anilines is 1. The van der Waals surface area contributed by atoms with E-state index in [1.54, 1.807) is 30.3 Å². The van der Waals surface area contributed by atoms with Crippen LogP contribution in [0.1, 0.15) is 0 Å². The molecule has 0 radical (unpaired) electrons. The van der Waals surface area contributed by atoms with Gasteiger partial charge in [0.25, 0.3) is 0 Å². The molecule has 0 aliphatic rings. The topological polar surface area (TPSA) is 75.6 Å². The van der Waals surface area contributed by atoms with E-state index in [0.717, 1.165) is 7.11 Å². The van der Waals surface area contributed by atoms with E-state index in [-0.39, 0.29) is 0 Å². The molecule has 5 heteroatoms. The highest BCUT2D eigenvalue weighted by atomic mass is 16.5. The van der Waals surface area contributed by atoms with Crippen molar-refractivity contribution in [3.05, 3.63) is 30.3 Å². The lowest BCUT2D eigenvalue weighted by Crippen LogP contribution is -2.38. The highest BCUT2D eigenvalue weighted by Crippen LogP contribution is 2.07. The number of methoxy groups -OCH3 is 1. The minimum Gasteiger partial charge on any atom is -0.479 e. The SMILES string of the molecule is COC(=O)[C@@H](Nc1ccccc1)C(=O)O. The van der Waals surface area contributed by atoms with E-state index in [0.29, 0.717) is 5.69 Å². The summed E-state index contributed by atoms with van der Waals surface area (Å²) in [5.74, 6) is -2.10. The zero-order valence-electron chi connectivity index (χ0n) is 8.14. The Morgan fingerprint density at radius 3 is 2.40 bits per heavy atom. The lowest BCUT2D eigenvalue weighted by molar-refractivity contribution is -0.150. The first kappa shape index (κ1) is 11.0. The molecule has 15 heavy (non-hydrogen) atoms. The van der Waals surface area contributed by atoms with E-state index in [2.05, 4.69) is 10.1 Å². The number of ether oxygens (including phenoxy) is 1. The molecule has 0 fully saturated rings. The quantitative estimate of drug-likeness (QED) is 0.564. The van der Waals surface area contributed by atoms with E-state index < -0.39 is 18.0 Å². The zero-order valence-corrected chi connectivity index (χ0v) is 8.14. The highest BCUT2D eigenvalue weighted by molar-refractivity contribution is 6.01. The largest absolute Gasteiger partial charge is 0.479 e. The van der Waals surface area contributed by atoms with Gasteiger partial charge in [-0.1, -0.05) is 18.2 Å². The van der Waals surface area contributed by atoms with Crippen molar-refractivity contribution in [1.29, 1.82) is 0 Å². The molecule has 5 nitrogen and oxygen atoms in total. The van der Waals surface area contributed by atoms with E-state index in [9.17, 15) is 9.59 Å². The molecule has 1 rings (SSSR count). The van der Waals surface area contributed by atoms with E-state index in [4.69, 9.17) is 5.11 Å². The van der Waals surface area contributed by atoms with Gasteiger partial charge in [0, 0.05) is 5.69 Å². The van der Waals surface area contributed by atoms with Gasteiger partial charge in [0.15, 0.2) is 0 Å². The summed E-state index contributed by atoms with van der Waals surface area (Å²) in [7, 11) is 1.14. The number of para-hydroxylation sites is 1. The molecule has 0 amide bonds. The number of carboxylic acids is 1. The molecule has 0 saturated heterocycles. The van der Waals surface area contributed by atoms with Crippen molar-refractivity contribution < 1.29 is 19.4 Å². The number of carboxylic acid groups (broad SMARTS) is 1. The van der Waals surface area contributed by atoms with Crippen LogP contribution in [0.15, 0.2) is 30.3 Å². The van der Waals surface area contributed by atoms with Gasteiger partial charge < -0.3 is 15.2 Å². The number of hydrogen-bond acceptors (Lipinski definition) is 4. The zero-order chi connectivity index (χ0) is 11.3. The number of carbonyl (C=O) groups excluding carboxylic acids is 1. The first-order chi connectivity index (χ1) is 7.15. The van der Waals surface area contributed by atoms with E-state index in [1.807, 2.05) is 0 Å². The second kappa shape index (κ2) is 4.99. The Balaban J connectivity index is 2.76. The molecular weight excluding hydrogens is 198 g/mol. The Hall–Kier alpha value is -2.04. The lowest BCUT2D eigenvalue weighted by Gasteiger charge is -2.12. The molecule has 1 aromatic rings. The van der Waals surface area contributed by atoms with E-state index in [1.165, 1.54) is 0 Å². The van der Waals surface area contributed by atoms with Crippen LogP contribution in [0.2, 0.25) is 0 Å². The Kier molecular flexibility index (Phi) is 3.68. The molecule has 0 heterocycles. The van der Waals surface area contributed by atoms with Crippen molar-refractivity contribution in [2.24, 2.45) is 0 Å². The number of nitrogens with one attached hydrogen (secondary N) is 1. The van der Waals surface area contributed by atoms with Gasteiger partial charge in [-0.25, -0.2) is 9.59 Å². The van der Waals surface area contributed by atoms with Gasteiger partial charge in [-0.05, 0) is 12.1 Å². The van der Waals surface area contributed by atoms with Gasteiger partial charge in [0.05, 0.1) is 7.11 Å². The maximum Gasteiger partial charge on any atom is 0.340 e. The number of carbonyl (C=O) groups is 2. The summed E-state index contributed by atoms with van der Waals surface area (Å²) in [6, 6.07) is 7.21. The Morgan fingerprint density at radius 1 is 1.33 bits per heavy atom. The van der Waals surface area contributed by atoms with Crippen LogP contribution in [-0.4, -0.2) is 30.2 Å². The van der Waals surface area contributed by atoms with Gasteiger partial charge in [0.1, 0.15) is 0 Å². The van der Waals surface area contributed by atoms with Crippen LogP contribution in [0.5, 0.6) is 0 Å². The van der Waals surface area contributed by atoms with Crippen molar-refractivity contribution in [2.45, 2.75) is 6.04 Å². The van der Waals surface area contributed by atoms with Crippen molar-refractivity contribution >= 4 is 17.6 Å². The van der Waals surface area contributed by atoms with Gasteiger partial charge in [-0.3, -0.25) is 0 Å². The predicted octanol–water partition coefficient (Wildman–Crippen LogP) is 0.725. The van der Waals surface area contributed by atoms with E-state index >= 15 is 0 Å². The molecule has 0 aromatic heterocycles. The molecule has 0 bridgehead atoms. The second-order valence-corrected chi connectivity index (χ2v) is 2.80. The fraction of sp³-hybridized carbons (Fsp3) is 0.200. The third-order valence-electron chi connectivity index (χ3n) is 1.77. The Bertz CT molecular complexity index is 350. The molecule has 0 aliphatic heterocycles. The third kappa shape index (κ3) is 2.98. The smallest absolute Gasteiger partial charge is 0.340 e. The third-order valence-corrected chi connectivity index (χ3v) is 1.77. The van der Waals surface area contributed by atoms with Crippen LogP contribution < -0.4 is 5.32 Å². The number of hydrogen-bond donors (Lipinski definition) is 2. The monoisotopic (exact) mass is 209 g/mol. The Labute approximate surface area is 86.7 Å². The van der Waals surface area contributed by atoms with Crippen LogP contribution in [0.25, 0.3) is 0 Å². The molecule has 0 spiro atoms. The molecule has 0 saturated carbocycles. The first-order valence-corrected chi connectivity index (χ1v) is 4.27. The van der Waals surface area contributed by atoms with Gasteiger partial charge in [-0.2, -0.15) is 0 Å². The second-order valence-electron chi connectivity index (χ2n) is 2.80. The fourth-order valence-corrected chi connectivity index (χ4v) is 1.04. The number of esters is 1. The maximum atomic E-state index is 11.1. The van der Waals surface area contributed by atoms with Crippen molar-refractivity contribution in [2.75, 3.05) is 12.4 Å². The number of rotatable bonds is 4. The molecule has 1 atom stereocenters. The molecule has 2 N–H and O–H groups in total. The van der Waals surface area contributed by atoms with Crippen LogP contribution in [-0.2, 0) is 14.3 Å². The Morgan fingerprint density at radius 2 is 1.93 bits per heavy atom. The van der Waals surface area contributed by atoms with Gasteiger partial charge in [0.2, 0.25) is 6.04 Å². The average molecular weight is 209 g/mol. The van der Waals surface area contributed by atoms with Crippen molar-refractivity contribution in [3.63, 3.8) is 0 Å². The van der Waals surface area contributed by atoms with Crippen LogP contribution in [0, 0.1) is 0 Å². The summed E-state index contributed by atoms with van der Waals surface area (Å²) in [6.07, 6.45) is 0. The van der Waals surface area contributed by atoms with Crippen LogP contribution in [0.3, 0.4) is 0 Å². The standard InChI is InChI=1S/C10H11NO4/c1-15-10(14)8(9(12)13)11-7-5-3-2-4-6-7/h2-6,8,11H,1H3,(H,12,13)/t8-/m0/s1. The number of aliphatic carboxylic acids is 1. The normalized spacial score (nSPS) is 11.5. The summed E-state index contributed by atoms with van der Waals surface area (Å²) in [5.41, 5.74) is 0.551. The van der Waals surface area contributed by atoms with Gasteiger partial charge >= 0.3 is 11.9 Å². The minimum absolute atomic E-state index is 0.551. The fourth-order valence-electron chi connectivity index (χ4n) is 1.04. The minimum atomic E-state index is -1.38. The maximum absolute atomic E-state index is 11.1. The number of benzene rings is 1. The molecule has 0 aliphatic carbocycles. The summed E-state index contributed by atoms with van der Waals surface area (Å²) in [6.45, 7) is 0.